The van der Waals surface area contributed by atoms with Crippen LogP contribution in [0.2, 0.25) is 0 Å². The van der Waals surface area contributed by atoms with Crippen LogP contribution in [0.5, 0.6) is 0 Å². The first-order chi connectivity index (χ1) is 6.38. The zero-order valence-corrected chi connectivity index (χ0v) is 9.35. The SMILES string of the molecule is CCc1c(S(=O)(=O)O)ccc(C)c1C. The van der Waals surface area contributed by atoms with Gasteiger partial charge in [0, 0.05) is 0 Å². The fraction of sp³-hybridized carbons (Fsp3) is 0.400. The lowest BCUT2D eigenvalue weighted by molar-refractivity contribution is 0.482. The maximum atomic E-state index is 11.0. The fourth-order valence-corrected chi connectivity index (χ4v) is 2.38. The number of hydrogen-bond acceptors (Lipinski definition) is 2. The van der Waals surface area contributed by atoms with Gasteiger partial charge in [-0.3, -0.25) is 4.55 Å². The van der Waals surface area contributed by atoms with Gasteiger partial charge in [0.2, 0.25) is 0 Å². The molecule has 14 heavy (non-hydrogen) atoms. The lowest BCUT2D eigenvalue weighted by atomic mass is 10.0. The van der Waals surface area contributed by atoms with Crippen molar-refractivity contribution < 1.29 is 13.0 Å². The van der Waals surface area contributed by atoms with E-state index in [2.05, 4.69) is 0 Å². The van der Waals surface area contributed by atoms with Crippen LogP contribution in [0.1, 0.15) is 23.6 Å². The molecule has 0 aliphatic carbocycles. The minimum absolute atomic E-state index is 0.0306. The van der Waals surface area contributed by atoms with Crippen molar-refractivity contribution in [3.8, 4) is 0 Å². The number of benzene rings is 1. The molecule has 0 amide bonds. The minimum Gasteiger partial charge on any atom is -0.282 e. The molecule has 0 heterocycles. The Labute approximate surface area is 84.5 Å². The number of hydrogen-bond donors (Lipinski definition) is 1. The van der Waals surface area contributed by atoms with Gasteiger partial charge < -0.3 is 0 Å². The lowest BCUT2D eigenvalue weighted by Gasteiger charge is -2.10. The van der Waals surface area contributed by atoms with Gasteiger partial charge in [-0.15, -0.1) is 0 Å². The second-order valence-corrected chi connectivity index (χ2v) is 4.70. The van der Waals surface area contributed by atoms with Crippen LogP contribution < -0.4 is 0 Å². The van der Waals surface area contributed by atoms with E-state index >= 15 is 0 Å². The van der Waals surface area contributed by atoms with E-state index in [1.807, 2.05) is 20.8 Å². The molecule has 78 valence electrons. The van der Waals surface area contributed by atoms with Gasteiger partial charge in [-0.25, -0.2) is 0 Å². The maximum absolute atomic E-state index is 11.0. The second kappa shape index (κ2) is 3.71. The number of aryl methyl sites for hydroxylation is 1. The van der Waals surface area contributed by atoms with E-state index in [0.29, 0.717) is 12.0 Å². The zero-order chi connectivity index (χ0) is 10.9. The highest BCUT2D eigenvalue weighted by Gasteiger charge is 2.16. The predicted octanol–water partition coefficient (Wildman–Crippen LogP) is 2.11. The summed E-state index contributed by atoms with van der Waals surface area (Å²) >= 11 is 0. The Balaban J connectivity index is 3.55. The van der Waals surface area contributed by atoms with Gasteiger partial charge in [-0.05, 0) is 43.0 Å². The summed E-state index contributed by atoms with van der Waals surface area (Å²) in [5, 5.41) is 0. The highest BCUT2D eigenvalue weighted by Crippen LogP contribution is 2.22. The third kappa shape index (κ3) is 1.96. The highest BCUT2D eigenvalue weighted by atomic mass is 32.2. The standard InChI is InChI=1S/C10H14O3S/c1-4-9-8(3)7(2)5-6-10(9)14(11,12)13/h5-6H,4H2,1-3H3,(H,11,12,13). The first-order valence-corrected chi connectivity index (χ1v) is 5.88. The smallest absolute Gasteiger partial charge is 0.282 e. The Hall–Kier alpha value is -0.870. The van der Waals surface area contributed by atoms with Crippen molar-refractivity contribution in [3.05, 3.63) is 28.8 Å². The lowest BCUT2D eigenvalue weighted by Crippen LogP contribution is -2.05. The summed E-state index contributed by atoms with van der Waals surface area (Å²) in [7, 11) is -4.08. The fourth-order valence-electron chi connectivity index (χ4n) is 1.53. The van der Waals surface area contributed by atoms with Crippen LogP contribution in [0.4, 0.5) is 0 Å². The third-order valence-electron chi connectivity index (χ3n) is 2.46. The molecule has 0 unspecified atom stereocenters. The van der Waals surface area contributed by atoms with Crippen molar-refractivity contribution in [3.63, 3.8) is 0 Å². The summed E-state index contributed by atoms with van der Waals surface area (Å²) in [6, 6.07) is 3.16. The van der Waals surface area contributed by atoms with Gasteiger partial charge in [0.1, 0.15) is 0 Å². The minimum atomic E-state index is -4.08. The molecule has 0 aliphatic heterocycles. The van der Waals surface area contributed by atoms with Crippen molar-refractivity contribution in [1.29, 1.82) is 0 Å². The van der Waals surface area contributed by atoms with E-state index in [-0.39, 0.29) is 4.90 Å². The van der Waals surface area contributed by atoms with Crippen LogP contribution >= 0.6 is 0 Å². The second-order valence-electron chi connectivity index (χ2n) is 3.31. The molecule has 0 radical (unpaired) electrons. The molecule has 4 heteroatoms. The van der Waals surface area contributed by atoms with Gasteiger partial charge in [-0.1, -0.05) is 13.0 Å². The molecule has 0 atom stereocenters. The largest absolute Gasteiger partial charge is 0.294 e. The average Bonchev–Trinajstić information content (AvgIpc) is 2.07. The van der Waals surface area contributed by atoms with Crippen LogP contribution in [-0.2, 0) is 16.5 Å². The molecule has 1 N–H and O–H groups in total. The Morgan fingerprint density at radius 2 is 1.86 bits per heavy atom. The Morgan fingerprint density at radius 3 is 2.29 bits per heavy atom. The van der Waals surface area contributed by atoms with Crippen LogP contribution in [0.15, 0.2) is 17.0 Å². The normalized spacial score (nSPS) is 11.7. The third-order valence-corrected chi connectivity index (χ3v) is 3.40. The van der Waals surface area contributed by atoms with Crippen LogP contribution in [0.3, 0.4) is 0 Å². The highest BCUT2D eigenvalue weighted by molar-refractivity contribution is 7.85. The summed E-state index contributed by atoms with van der Waals surface area (Å²) in [5.74, 6) is 0. The molecule has 0 saturated carbocycles. The monoisotopic (exact) mass is 214 g/mol. The van der Waals surface area contributed by atoms with Gasteiger partial charge in [0.15, 0.2) is 0 Å². The molecule has 0 spiro atoms. The topological polar surface area (TPSA) is 54.4 Å². The molecular weight excluding hydrogens is 200 g/mol. The quantitative estimate of drug-likeness (QED) is 0.767. The Morgan fingerprint density at radius 1 is 1.29 bits per heavy atom. The summed E-state index contributed by atoms with van der Waals surface area (Å²) in [5.41, 5.74) is 2.67. The summed E-state index contributed by atoms with van der Waals surface area (Å²) < 4.78 is 31.1. The molecule has 0 saturated heterocycles. The van der Waals surface area contributed by atoms with Gasteiger partial charge in [-0.2, -0.15) is 8.42 Å². The summed E-state index contributed by atoms with van der Waals surface area (Å²) in [4.78, 5) is 0.0306. The van der Waals surface area contributed by atoms with Gasteiger partial charge >= 0.3 is 0 Å². The molecule has 0 fully saturated rings. The first kappa shape index (κ1) is 11.2. The summed E-state index contributed by atoms with van der Waals surface area (Å²) in [6.07, 6.45) is 0.600. The van der Waals surface area contributed by atoms with E-state index < -0.39 is 10.1 Å². The van der Waals surface area contributed by atoms with Crippen molar-refractivity contribution in [1.82, 2.24) is 0 Å². The maximum Gasteiger partial charge on any atom is 0.294 e. The van der Waals surface area contributed by atoms with Crippen LogP contribution in [-0.4, -0.2) is 13.0 Å². The molecular formula is C10H14O3S. The van der Waals surface area contributed by atoms with E-state index in [1.165, 1.54) is 6.07 Å². The molecule has 0 aliphatic rings. The van der Waals surface area contributed by atoms with E-state index in [0.717, 1.165) is 11.1 Å². The van der Waals surface area contributed by atoms with Crippen molar-refractivity contribution in [2.45, 2.75) is 32.1 Å². The molecule has 1 aromatic carbocycles. The van der Waals surface area contributed by atoms with Crippen LogP contribution in [0.25, 0.3) is 0 Å². The Kier molecular flexibility index (Phi) is 2.97. The zero-order valence-electron chi connectivity index (χ0n) is 8.53. The van der Waals surface area contributed by atoms with Crippen molar-refractivity contribution >= 4 is 10.1 Å². The summed E-state index contributed by atoms with van der Waals surface area (Å²) in [6.45, 7) is 5.65. The molecule has 1 rings (SSSR count). The van der Waals surface area contributed by atoms with Crippen molar-refractivity contribution in [2.24, 2.45) is 0 Å². The van der Waals surface area contributed by atoms with E-state index in [4.69, 9.17) is 4.55 Å². The molecule has 0 bridgehead atoms. The number of rotatable bonds is 2. The molecule has 3 nitrogen and oxygen atoms in total. The van der Waals surface area contributed by atoms with Crippen molar-refractivity contribution in [2.75, 3.05) is 0 Å². The Bertz CT molecular complexity index is 447. The van der Waals surface area contributed by atoms with E-state index in [1.54, 1.807) is 6.07 Å². The molecule has 0 aromatic heterocycles. The molecule has 1 aromatic rings. The van der Waals surface area contributed by atoms with E-state index in [9.17, 15) is 8.42 Å². The van der Waals surface area contributed by atoms with Gasteiger partial charge in [0.05, 0.1) is 4.90 Å². The predicted molar refractivity (Wildman–Crippen MR) is 55.1 cm³/mol. The van der Waals surface area contributed by atoms with Crippen LogP contribution in [0, 0.1) is 13.8 Å². The first-order valence-electron chi connectivity index (χ1n) is 4.44. The van der Waals surface area contributed by atoms with Gasteiger partial charge in [0.25, 0.3) is 10.1 Å². The average molecular weight is 214 g/mol.